The molecule has 1 aliphatic heterocycles. The van der Waals surface area contributed by atoms with Gasteiger partial charge in [0.15, 0.2) is 11.5 Å². The summed E-state index contributed by atoms with van der Waals surface area (Å²) in [6, 6.07) is 4.27. The molecule has 1 aromatic rings. The molecule has 0 saturated heterocycles. The minimum Gasteiger partial charge on any atom is -0.453 e. The van der Waals surface area contributed by atoms with Crippen molar-refractivity contribution in [2.24, 2.45) is 5.73 Å². The quantitative estimate of drug-likeness (QED) is 0.828. The number of benzene rings is 1. The molecule has 3 nitrogen and oxygen atoms in total. The third kappa shape index (κ3) is 1.18. The summed E-state index contributed by atoms with van der Waals surface area (Å²) in [4.78, 5) is 0. The van der Waals surface area contributed by atoms with Crippen LogP contribution in [-0.2, 0) is 5.41 Å². The Kier molecular flexibility index (Phi) is 2.11. The topological polar surface area (TPSA) is 44.5 Å². The third-order valence-electron chi connectivity index (χ3n) is 3.99. The second-order valence-corrected chi connectivity index (χ2v) is 4.83. The lowest BCUT2D eigenvalue weighted by atomic mass is 9.64. The monoisotopic (exact) mass is 219 g/mol. The first-order chi connectivity index (χ1) is 7.77. The molecule has 16 heavy (non-hydrogen) atoms. The first-order valence-corrected chi connectivity index (χ1v) is 5.87. The normalized spacial score (nSPS) is 20.6. The van der Waals surface area contributed by atoms with Gasteiger partial charge in [-0.15, -0.1) is 0 Å². The molecule has 1 fully saturated rings. The number of hydrogen-bond donors (Lipinski definition) is 1. The maximum absolute atomic E-state index is 5.94. The molecule has 0 bridgehead atoms. The van der Waals surface area contributed by atoms with Crippen molar-refractivity contribution in [3.63, 3.8) is 0 Å². The molecule has 0 amide bonds. The van der Waals surface area contributed by atoms with Crippen molar-refractivity contribution < 1.29 is 9.47 Å². The standard InChI is InChI=1S/C13H17NO2/c1-9-3-4-10(12-11(9)15-8-16-12)13(7-14)5-2-6-13/h3-4H,2,5-8,14H2,1H3. The van der Waals surface area contributed by atoms with Crippen molar-refractivity contribution in [2.45, 2.75) is 31.6 Å². The van der Waals surface area contributed by atoms with Crippen LogP contribution in [0.3, 0.4) is 0 Å². The lowest BCUT2D eigenvalue weighted by Crippen LogP contribution is -2.41. The summed E-state index contributed by atoms with van der Waals surface area (Å²) in [5.74, 6) is 1.85. The van der Waals surface area contributed by atoms with Crippen LogP contribution in [0.1, 0.15) is 30.4 Å². The lowest BCUT2D eigenvalue weighted by Gasteiger charge is -2.41. The molecule has 1 saturated carbocycles. The molecule has 0 spiro atoms. The highest BCUT2D eigenvalue weighted by molar-refractivity contribution is 5.56. The SMILES string of the molecule is Cc1ccc(C2(CN)CCC2)c2c1OCO2. The van der Waals surface area contributed by atoms with Crippen molar-refractivity contribution in [1.29, 1.82) is 0 Å². The highest BCUT2D eigenvalue weighted by atomic mass is 16.7. The molecule has 0 atom stereocenters. The number of hydrogen-bond acceptors (Lipinski definition) is 3. The van der Waals surface area contributed by atoms with E-state index >= 15 is 0 Å². The highest BCUT2D eigenvalue weighted by Gasteiger charge is 2.41. The molecule has 1 aliphatic carbocycles. The van der Waals surface area contributed by atoms with Crippen LogP contribution >= 0.6 is 0 Å². The minimum atomic E-state index is 0.144. The Bertz CT molecular complexity index is 419. The van der Waals surface area contributed by atoms with Crippen molar-refractivity contribution in [3.05, 3.63) is 23.3 Å². The van der Waals surface area contributed by atoms with Crippen molar-refractivity contribution in [1.82, 2.24) is 0 Å². The fraction of sp³-hybridized carbons (Fsp3) is 0.538. The van der Waals surface area contributed by atoms with E-state index in [-0.39, 0.29) is 5.41 Å². The number of nitrogens with two attached hydrogens (primary N) is 1. The fourth-order valence-electron chi connectivity index (χ4n) is 2.74. The van der Waals surface area contributed by atoms with Gasteiger partial charge in [0.25, 0.3) is 0 Å². The van der Waals surface area contributed by atoms with Crippen LogP contribution in [-0.4, -0.2) is 13.3 Å². The Hall–Kier alpha value is -1.22. The van der Waals surface area contributed by atoms with Gasteiger partial charge in [-0.05, 0) is 25.3 Å². The van der Waals surface area contributed by atoms with Crippen LogP contribution in [0.15, 0.2) is 12.1 Å². The zero-order chi connectivity index (χ0) is 11.2. The molecule has 0 radical (unpaired) electrons. The van der Waals surface area contributed by atoms with Crippen LogP contribution in [0, 0.1) is 6.92 Å². The predicted octanol–water partition coefficient (Wildman–Crippen LogP) is 2.10. The summed E-state index contributed by atoms with van der Waals surface area (Å²) in [5, 5.41) is 0. The van der Waals surface area contributed by atoms with Crippen LogP contribution in [0.25, 0.3) is 0 Å². The van der Waals surface area contributed by atoms with Gasteiger partial charge in [0, 0.05) is 17.5 Å². The van der Waals surface area contributed by atoms with Crippen molar-refractivity contribution in [2.75, 3.05) is 13.3 Å². The van der Waals surface area contributed by atoms with E-state index < -0.39 is 0 Å². The predicted molar refractivity (Wildman–Crippen MR) is 61.9 cm³/mol. The summed E-state index contributed by atoms with van der Waals surface area (Å²) >= 11 is 0. The second kappa shape index (κ2) is 3.39. The van der Waals surface area contributed by atoms with Crippen molar-refractivity contribution in [3.8, 4) is 11.5 Å². The van der Waals surface area contributed by atoms with E-state index in [2.05, 4.69) is 12.1 Å². The first-order valence-electron chi connectivity index (χ1n) is 5.87. The zero-order valence-electron chi connectivity index (χ0n) is 9.58. The fourth-order valence-corrected chi connectivity index (χ4v) is 2.74. The lowest BCUT2D eigenvalue weighted by molar-refractivity contribution is 0.168. The van der Waals surface area contributed by atoms with E-state index in [9.17, 15) is 0 Å². The molecule has 86 valence electrons. The van der Waals surface area contributed by atoms with Gasteiger partial charge >= 0.3 is 0 Å². The van der Waals surface area contributed by atoms with Crippen LogP contribution in [0.2, 0.25) is 0 Å². The van der Waals surface area contributed by atoms with E-state index in [0.717, 1.165) is 17.1 Å². The van der Waals surface area contributed by atoms with Gasteiger partial charge < -0.3 is 15.2 Å². The molecule has 3 heteroatoms. The maximum Gasteiger partial charge on any atom is 0.231 e. The minimum absolute atomic E-state index is 0.144. The summed E-state index contributed by atoms with van der Waals surface area (Å²) in [7, 11) is 0. The van der Waals surface area contributed by atoms with E-state index in [1.54, 1.807) is 0 Å². The van der Waals surface area contributed by atoms with E-state index in [1.807, 2.05) is 6.92 Å². The Morgan fingerprint density at radius 2 is 2.00 bits per heavy atom. The van der Waals surface area contributed by atoms with Gasteiger partial charge in [-0.1, -0.05) is 18.6 Å². The van der Waals surface area contributed by atoms with Gasteiger partial charge in [-0.2, -0.15) is 0 Å². The van der Waals surface area contributed by atoms with Gasteiger partial charge in [-0.3, -0.25) is 0 Å². The molecule has 0 aromatic heterocycles. The summed E-state index contributed by atoms with van der Waals surface area (Å²) < 4.78 is 11.1. The number of fused-ring (bicyclic) bond motifs is 1. The molecule has 2 N–H and O–H groups in total. The summed E-state index contributed by atoms with van der Waals surface area (Å²) in [6.45, 7) is 3.09. The average molecular weight is 219 g/mol. The number of aryl methyl sites for hydroxylation is 1. The smallest absolute Gasteiger partial charge is 0.231 e. The largest absolute Gasteiger partial charge is 0.453 e. The van der Waals surface area contributed by atoms with Gasteiger partial charge in [0.05, 0.1) is 0 Å². The number of rotatable bonds is 2. The van der Waals surface area contributed by atoms with E-state index in [0.29, 0.717) is 13.3 Å². The molecule has 0 unspecified atom stereocenters. The van der Waals surface area contributed by atoms with Crippen molar-refractivity contribution >= 4 is 0 Å². The van der Waals surface area contributed by atoms with Crippen LogP contribution in [0.4, 0.5) is 0 Å². The van der Waals surface area contributed by atoms with E-state index in [1.165, 1.54) is 24.8 Å². The number of ether oxygens (including phenoxy) is 2. The zero-order valence-corrected chi connectivity index (χ0v) is 9.58. The highest BCUT2D eigenvalue weighted by Crippen LogP contribution is 2.51. The average Bonchev–Trinajstić information content (AvgIpc) is 2.70. The third-order valence-corrected chi connectivity index (χ3v) is 3.99. The molecule has 1 aromatic carbocycles. The Balaban J connectivity index is 2.11. The molecular formula is C13H17NO2. The van der Waals surface area contributed by atoms with E-state index in [4.69, 9.17) is 15.2 Å². The molecule has 1 heterocycles. The van der Waals surface area contributed by atoms with Crippen LogP contribution < -0.4 is 15.2 Å². The van der Waals surface area contributed by atoms with Crippen LogP contribution in [0.5, 0.6) is 11.5 Å². The molecular weight excluding hydrogens is 202 g/mol. The molecule has 2 aliphatic rings. The first kappa shape index (κ1) is 9.97. The van der Waals surface area contributed by atoms with Gasteiger partial charge in [0.2, 0.25) is 6.79 Å². The Morgan fingerprint density at radius 3 is 2.62 bits per heavy atom. The maximum atomic E-state index is 5.94. The van der Waals surface area contributed by atoms with Gasteiger partial charge in [0.1, 0.15) is 0 Å². The summed E-state index contributed by atoms with van der Waals surface area (Å²) in [5.41, 5.74) is 8.47. The Labute approximate surface area is 95.5 Å². The van der Waals surface area contributed by atoms with Gasteiger partial charge in [-0.25, -0.2) is 0 Å². The molecule has 3 rings (SSSR count). The Morgan fingerprint density at radius 1 is 1.25 bits per heavy atom. The second-order valence-electron chi connectivity index (χ2n) is 4.83. The summed E-state index contributed by atoms with van der Waals surface area (Å²) in [6.07, 6.45) is 3.60.